The van der Waals surface area contributed by atoms with E-state index in [4.69, 9.17) is 10.2 Å². The molecular weight excluding hydrogens is 305 g/mol. The highest BCUT2D eigenvalue weighted by Crippen LogP contribution is 2.10. The van der Waals surface area contributed by atoms with Gasteiger partial charge in [0.15, 0.2) is 0 Å². The maximum atomic E-state index is 8.75. The molecule has 2 N–H and O–H groups in total. The van der Waals surface area contributed by atoms with E-state index in [-0.39, 0.29) is 0 Å². The SMILES string of the molecule is CN(C)CCCO.Oc1ccc(I)cc1. The molecule has 1 aromatic carbocycles. The summed E-state index contributed by atoms with van der Waals surface area (Å²) in [7, 11) is 3.99. The van der Waals surface area contributed by atoms with Crippen LogP contribution in [0.15, 0.2) is 24.3 Å². The topological polar surface area (TPSA) is 43.7 Å². The number of nitrogens with zero attached hydrogens (tertiary/aromatic N) is 1. The maximum absolute atomic E-state index is 8.75. The number of aromatic hydroxyl groups is 1. The molecule has 0 fully saturated rings. The Hall–Kier alpha value is -0.330. The van der Waals surface area contributed by atoms with Crippen molar-refractivity contribution < 1.29 is 10.2 Å². The highest BCUT2D eigenvalue weighted by Gasteiger charge is 1.84. The van der Waals surface area contributed by atoms with Gasteiger partial charge in [-0.25, -0.2) is 0 Å². The molecule has 0 unspecified atom stereocenters. The van der Waals surface area contributed by atoms with Crippen molar-refractivity contribution in [2.75, 3.05) is 27.2 Å². The number of aliphatic hydroxyl groups excluding tert-OH is 1. The molecule has 0 heterocycles. The predicted octanol–water partition coefficient (Wildman–Crippen LogP) is 1.93. The third-order valence-corrected chi connectivity index (χ3v) is 2.31. The smallest absolute Gasteiger partial charge is 0.115 e. The van der Waals surface area contributed by atoms with E-state index in [1.54, 1.807) is 12.1 Å². The Kier molecular flexibility index (Phi) is 8.74. The summed E-state index contributed by atoms with van der Waals surface area (Å²) in [5.74, 6) is 0.324. The molecule has 0 aliphatic heterocycles. The average molecular weight is 323 g/mol. The zero-order valence-electron chi connectivity index (χ0n) is 9.15. The highest BCUT2D eigenvalue weighted by molar-refractivity contribution is 14.1. The van der Waals surface area contributed by atoms with E-state index in [9.17, 15) is 0 Å². The number of halogens is 1. The van der Waals surface area contributed by atoms with Crippen molar-refractivity contribution in [2.45, 2.75) is 6.42 Å². The first kappa shape index (κ1) is 14.7. The second-order valence-electron chi connectivity index (χ2n) is 3.36. The summed E-state index contributed by atoms with van der Waals surface area (Å²) < 4.78 is 1.14. The lowest BCUT2D eigenvalue weighted by Gasteiger charge is -2.05. The van der Waals surface area contributed by atoms with Crippen molar-refractivity contribution in [3.8, 4) is 5.75 Å². The normalized spacial score (nSPS) is 9.67. The predicted molar refractivity (Wildman–Crippen MR) is 71.1 cm³/mol. The monoisotopic (exact) mass is 323 g/mol. The fourth-order valence-electron chi connectivity index (χ4n) is 0.828. The molecule has 3 nitrogen and oxygen atoms in total. The number of aliphatic hydroxyl groups is 1. The molecular formula is C11H18INO2. The maximum Gasteiger partial charge on any atom is 0.115 e. The summed E-state index contributed by atoms with van der Waals surface area (Å²) in [6.07, 6.45) is 0.882. The summed E-state index contributed by atoms with van der Waals surface area (Å²) in [5.41, 5.74) is 0. The zero-order chi connectivity index (χ0) is 11.7. The van der Waals surface area contributed by atoms with Crippen LogP contribution in [0, 0.1) is 3.57 Å². The number of hydrogen-bond donors (Lipinski definition) is 2. The third kappa shape index (κ3) is 9.96. The summed E-state index contributed by atoms with van der Waals surface area (Å²) in [4.78, 5) is 2.05. The van der Waals surface area contributed by atoms with Gasteiger partial charge in [0.05, 0.1) is 0 Å². The minimum atomic E-state index is 0.304. The standard InChI is InChI=1S/C6H5IO.C5H13NO/c7-5-1-3-6(8)4-2-5;1-6(2)4-3-5-7/h1-4,8H;7H,3-5H2,1-2H3. The van der Waals surface area contributed by atoms with Crippen LogP contribution in [0.5, 0.6) is 5.75 Å². The van der Waals surface area contributed by atoms with Crippen LogP contribution in [-0.4, -0.2) is 42.4 Å². The molecule has 0 saturated heterocycles. The quantitative estimate of drug-likeness (QED) is 0.836. The zero-order valence-corrected chi connectivity index (χ0v) is 11.3. The van der Waals surface area contributed by atoms with Gasteiger partial charge in [0.2, 0.25) is 0 Å². The molecule has 0 aliphatic rings. The fraction of sp³-hybridized carbons (Fsp3) is 0.455. The van der Waals surface area contributed by atoms with E-state index in [0.717, 1.165) is 16.5 Å². The molecule has 0 bridgehead atoms. The molecule has 0 radical (unpaired) electrons. The lowest BCUT2D eigenvalue weighted by atomic mass is 10.3. The Morgan fingerprint density at radius 3 is 2.00 bits per heavy atom. The number of phenols is 1. The molecule has 0 aromatic heterocycles. The van der Waals surface area contributed by atoms with Gasteiger partial charge in [0.1, 0.15) is 5.75 Å². The largest absolute Gasteiger partial charge is 0.508 e. The van der Waals surface area contributed by atoms with Gasteiger partial charge in [-0.05, 0) is 73.9 Å². The van der Waals surface area contributed by atoms with Crippen LogP contribution in [0.3, 0.4) is 0 Å². The van der Waals surface area contributed by atoms with E-state index in [1.807, 2.05) is 26.2 Å². The molecule has 1 rings (SSSR count). The third-order valence-electron chi connectivity index (χ3n) is 1.59. The lowest BCUT2D eigenvalue weighted by Crippen LogP contribution is -2.13. The van der Waals surface area contributed by atoms with Gasteiger partial charge in [0.25, 0.3) is 0 Å². The van der Waals surface area contributed by atoms with E-state index >= 15 is 0 Å². The second kappa shape index (κ2) is 8.94. The van der Waals surface area contributed by atoms with Crippen LogP contribution in [0.2, 0.25) is 0 Å². The minimum absolute atomic E-state index is 0.304. The van der Waals surface area contributed by atoms with Gasteiger partial charge in [-0.3, -0.25) is 0 Å². The van der Waals surface area contributed by atoms with Crippen molar-refractivity contribution >= 4 is 22.6 Å². The van der Waals surface area contributed by atoms with Gasteiger partial charge >= 0.3 is 0 Å². The highest BCUT2D eigenvalue weighted by atomic mass is 127. The van der Waals surface area contributed by atoms with Crippen molar-refractivity contribution in [1.82, 2.24) is 4.90 Å². The Bertz CT molecular complexity index is 228. The van der Waals surface area contributed by atoms with Crippen molar-refractivity contribution in [1.29, 1.82) is 0 Å². The summed E-state index contributed by atoms with van der Waals surface area (Å²) in [6, 6.07) is 7.05. The first-order valence-electron chi connectivity index (χ1n) is 4.76. The Balaban J connectivity index is 0.000000265. The van der Waals surface area contributed by atoms with E-state index in [1.165, 1.54) is 0 Å². The van der Waals surface area contributed by atoms with Crippen LogP contribution in [-0.2, 0) is 0 Å². The van der Waals surface area contributed by atoms with Crippen LogP contribution < -0.4 is 0 Å². The molecule has 0 atom stereocenters. The second-order valence-corrected chi connectivity index (χ2v) is 4.60. The van der Waals surface area contributed by atoms with Crippen LogP contribution in [0.25, 0.3) is 0 Å². The number of rotatable bonds is 3. The molecule has 0 spiro atoms. The van der Waals surface area contributed by atoms with Crippen LogP contribution >= 0.6 is 22.6 Å². The molecule has 0 amide bonds. The van der Waals surface area contributed by atoms with Crippen molar-refractivity contribution in [3.05, 3.63) is 27.8 Å². The van der Waals surface area contributed by atoms with Crippen molar-refractivity contribution in [3.63, 3.8) is 0 Å². The Labute approximate surface area is 105 Å². The Morgan fingerprint density at radius 2 is 1.73 bits per heavy atom. The first-order valence-corrected chi connectivity index (χ1v) is 5.84. The fourth-order valence-corrected chi connectivity index (χ4v) is 1.19. The summed E-state index contributed by atoms with van der Waals surface area (Å²) in [6.45, 7) is 1.29. The molecule has 15 heavy (non-hydrogen) atoms. The molecule has 86 valence electrons. The van der Waals surface area contributed by atoms with Gasteiger partial charge in [0, 0.05) is 10.2 Å². The van der Waals surface area contributed by atoms with Gasteiger partial charge in [-0.2, -0.15) is 0 Å². The lowest BCUT2D eigenvalue weighted by molar-refractivity contribution is 0.263. The number of hydrogen-bond acceptors (Lipinski definition) is 3. The number of benzene rings is 1. The first-order chi connectivity index (χ1) is 7.06. The summed E-state index contributed by atoms with van der Waals surface area (Å²) >= 11 is 2.19. The molecule has 0 saturated carbocycles. The average Bonchev–Trinajstić information content (AvgIpc) is 2.20. The van der Waals surface area contributed by atoms with E-state index in [2.05, 4.69) is 27.5 Å². The molecule has 4 heteroatoms. The van der Waals surface area contributed by atoms with Crippen molar-refractivity contribution in [2.24, 2.45) is 0 Å². The van der Waals surface area contributed by atoms with Gasteiger partial charge in [-0.1, -0.05) is 0 Å². The minimum Gasteiger partial charge on any atom is -0.508 e. The van der Waals surface area contributed by atoms with E-state index < -0.39 is 0 Å². The summed E-state index contributed by atoms with van der Waals surface area (Å²) in [5, 5.41) is 17.0. The number of phenolic OH excluding ortho intramolecular Hbond substituents is 1. The molecule has 1 aromatic rings. The van der Waals surface area contributed by atoms with E-state index in [0.29, 0.717) is 12.4 Å². The van der Waals surface area contributed by atoms with Crippen LogP contribution in [0.1, 0.15) is 6.42 Å². The Morgan fingerprint density at radius 1 is 1.20 bits per heavy atom. The van der Waals surface area contributed by atoms with Gasteiger partial charge in [-0.15, -0.1) is 0 Å². The molecule has 0 aliphatic carbocycles. The van der Waals surface area contributed by atoms with Crippen LogP contribution in [0.4, 0.5) is 0 Å². The van der Waals surface area contributed by atoms with Gasteiger partial charge < -0.3 is 15.1 Å².